The van der Waals surface area contributed by atoms with Crippen LogP contribution in [0, 0.1) is 11.6 Å². The number of hydrogen-bond donors (Lipinski definition) is 3. The minimum atomic E-state index is -4.64. The van der Waals surface area contributed by atoms with E-state index >= 15 is 0 Å². The number of alkyl halides is 3. The summed E-state index contributed by atoms with van der Waals surface area (Å²) < 4.78 is 91.5. The Bertz CT molecular complexity index is 1170. The van der Waals surface area contributed by atoms with E-state index < -0.39 is 51.2 Å². The molecule has 0 aliphatic rings. The molecule has 0 aliphatic carbocycles. The lowest BCUT2D eigenvalue weighted by Gasteiger charge is -2.16. The number of halogens is 5. The Morgan fingerprint density at radius 3 is 2.18 bits per heavy atom. The van der Waals surface area contributed by atoms with E-state index in [-0.39, 0.29) is 23.0 Å². The van der Waals surface area contributed by atoms with Crippen LogP contribution < -0.4 is 15.4 Å². The molecule has 1 aromatic carbocycles. The fourth-order valence-corrected chi connectivity index (χ4v) is 3.35. The summed E-state index contributed by atoms with van der Waals surface area (Å²) >= 11 is 0. The molecule has 0 radical (unpaired) electrons. The Hall–Kier alpha value is -3.22. The third kappa shape index (κ3) is 7.68. The zero-order valence-electron chi connectivity index (χ0n) is 18.6. The maximum absolute atomic E-state index is 14.2. The highest BCUT2D eigenvalue weighted by atomic mass is 32.2. The van der Waals surface area contributed by atoms with Crippen molar-refractivity contribution < 1.29 is 35.2 Å². The molecule has 0 fully saturated rings. The zero-order chi connectivity index (χ0) is 25.8. The molecule has 1 heterocycles. The largest absolute Gasteiger partial charge is 0.433 e. The van der Waals surface area contributed by atoms with Crippen LogP contribution in [0.25, 0.3) is 6.08 Å². The molecule has 1 atom stereocenters. The van der Waals surface area contributed by atoms with Crippen LogP contribution >= 0.6 is 0 Å². The van der Waals surface area contributed by atoms with Gasteiger partial charge in [-0.2, -0.15) is 13.2 Å². The molecule has 0 bridgehead atoms. The zero-order valence-corrected chi connectivity index (χ0v) is 19.4. The van der Waals surface area contributed by atoms with Crippen molar-refractivity contribution in [3.05, 3.63) is 58.8 Å². The highest BCUT2D eigenvalue weighted by Crippen LogP contribution is 2.30. The summed E-state index contributed by atoms with van der Waals surface area (Å²) in [6, 6.07) is 2.56. The summed E-state index contributed by atoms with van der Waals surface area (Å²) in [5, 5.41) is 5.25. The maximum Gasteiger partial charge on any atom is 0.433 e. The van der Waals surface area contributed by atoms with Crippen molar-refractivity contribution in [1.82, 2.24) is 10.3 Å². The van der Waals surface area contributed by atoms with E-state index in [1.54, 1.807) is 18.6 Å². The normalized spacial score (nSPS) is 13.2. The van der Waals surface area contributed by atoms with Crippen LogP contribution in [0.2, 0.25) is 0 Å². The molecule has 2 rings (SSSR count). The minimum absolute atomic E-state index is 0.0224. The van der Waals surface area contributed by atoms with Crippen LogP contribution in [0.4, 0.5) is 33.5 Å². The lowest BCUT2D eigenvalue weighted by atomic mass is 10.1. The molecule has 34 heavy (non-hydrogen) atoms. The number of pyridine rings is 1. The number of benzene rings is 1. The van der Waals surface area contributed by atoms with Gasteiger partial charge in [-0.25, -0.2) is 22.2 Å². The lowest BCUT2D eigenvalue weighted by Crippen LogP contribution is -2.25. The van der Waals surface area contributed by atoms with Gasteiger partial charge in [0.25, 0.3) is 0 Å². The van der Waals surface area contributed by atoms with Crippen LogP contribution in [-0.2, 0) is 21.0 Å². The van der Waals surface area contributed by atoms with Gasteiger partial charge in [0.1, 0.15) is 17.2 Å². The van der Waals surface area contributed by atoms with Gasteiger partial charge in [0, 0.05) is 17.7 Å². The molecule has 1 aromatic heterocycles. The van der Waals surface area contributed by atoms with Crippen molar-refractivity contribution in [3.8, 4) is 0 Å². The van der Waals surface area contributed by atoms with Gasteiger partial charge in [0.2, 0.25) is 15.9 Å². The number of nitrogens with zero attached hydrogens (tertiary/aromatic N) is 1. The summed E-state index contributed by atoms with van der Waals surface area (Å²) in [5.74, 6) is -3.10. The predicted octanol–water partition coefficient (Wildman–Crippen LogP) is 4.46. The number of hydrogen-bond acceptors (Lipinski definition) is 5. The SMILES string of the molecule is CC(C)Nc1nc(C(F)(F)F)ccc1/C=C\C(=O)NC(C)c1cc(F)c(NS(C)(=O)=O)c(F)c1. The van der Waals surface area contributed by atoms with E-state index in [1.165, 1.54) is 13.0 Å². The number of carbonyl (C=O) groups is 1. The number of anilines is 2. The quantitative estimate of drug-likeness (QED) is 0.363. The molecule has 3 N–H and O–H groups in total. The number of nitrogens with one attached hydrogen (secondary N) is 3. The third-order valence-corrected chi connectivity index (χ3v) is 4.84. The standard InChI is InChI=1S/C21H23F5N4O3S/c1-11(2)27-20-13(5-7-17(29-20)21(24,25)26)6-8-18(31)28-12(3)14-9-15(22)19(16(23)10-14)30-34(4,32)33/h5-12,30H,1-4H3,(H,27,29)(H,28,31)/b8-6-. The molecule has 7 nitrogen and oxygen atoms in total. The van der Waals surface area contributed by atoms with Crippen molar-refractivity contribution in [2.24, 2.45) is 0 Å². The van der Waals surface area contributed by atoms with Gasteiger partial charge in [-0.05, 0) is 56.7 Å². The van der Waals surface area contributed by atoms with Crippen LogP contribution in [0.5, 0.6) is 0 Å². The molecule has 0 saturated carbocycles. The first kappa shape index (κ1) is 27.0. The Kier molecular flexibility index (Phi) is 8.24. The first-order valence-electron chi connectivity index (χ1n) is 9.87. The first-order valence-corrected chi connectivity index (χ1v) is 11.8. The molecule has 2 aromatic rings. The van der Waals surface area contributed by atoms with E-state index in [2.05, 4.69) is 15.6 Å². The van der Waals surface area contributed by atoms with Crippen LogP contribution in [0.3, 0.4) is 0 Å². The number of carbonyl (C=O) groups excluding carboxylic acids is 1. The van der Waals surface area contributed by atoms with Crippen LogP contribution in [0.15, 0.2) is 30.3 Å². The molecule has 0 saturated heterocycles. The molecule has 186 valence electrons. The predicted molar refractivity (Wildman–Crippen MR) is 118 cm³/mol. The van der Waals surface area contributed by atoms with Crippen LogP contribution in [-0.4, -0.2) is 31.6 Å². The van der Waals surface area contributed by atoms with Gasteiger partial charge in [0.05, 0.1) is 12.3 Å². The van der Waals surface area contributed by atoms with Crippen molar-refractivity contribution in [2.75, 3.05) is 16.3 Å². The summed E-state index contributed by atoms with van der Waals surface area (Å²) in [7, 11) is -3.91. The second-order valence-electron chi connectivity index (χ2n) is 7.73. The summed E-state index contributed by atoms with van der Waals surface area (Å²) in [6.45, 7) is 4.85. The van der Waals surface area contributed by atoms with Gasteiger partial charge in [-0.1, -0.05) is 0 Å². The summed E-state index contributed by atoms with van der Waals surface area (Å²) in [5.41, 5.74) is -1.69. The summed E-state index contributed by atoms with van der Waals surface area (Å²) in [4.78, 5) is 15.9. The van der Waals surface area contributed by atoms with Crippen molar-refractivity contribution in [3.63, 3.8) is 0 Å². The van der Waals surface area contributed by atoms with E-state index in [0.29, 0.717) is 0 Å². The van der Waals surface area contributed by atoms with E-state index in [1.807, 2.05) is 0 Å². The Labute approximate surface area is 193 Å². The smallest absolute Gasteiger partial charge is 0.367 e. The van der Waals surface area contributed by atoms with E-state index in [4.69, 9.17) is 0 Å². The number of amides is 1. The molecule has 1 amide bonds. The first-order chi connectivity index (χ1) is 15.6. The van der Waals surface area contributed by atoms with Gasteiger partial charge in [-0.3, -0.25) is 9.52 Å². The van der Waals surface area contributed by atoms with Crippen molar-refractivity contribution >= 4 is 33.5 Å². The van der Waals surface area contributed by atoms with Gasteiger partial charge < -0.3 is 10.6 Å². The highest BCUT2D eigenvalue weighted by molar-refractivity contribution is 7.92. The molecule has 1 unspecified atom stereocenters. The van der Waals surface area contributed by atoms with E-state index in [9.17, 15) is 35.2 Å². The van der Waals surface area contributed by atoms with Gasteiger partial charge in [-0.15, -0.1) is 0 Å². The van der Waals surface area contributed by atoms with Gasteiger partial charge in [0.15, 0.2) is 11.6 Å². The fourth-order valence-electron chi connectivity index (χ4n) is 2.79. The molecular formula is C21H23F5N4O3S. The number of rotatable bonds is 8. The Balaban J connectivity index is 2.20. The topological polar surface area (TPSA) is 100 Å². The highest BCUT2D eigenvalue weighted by Gasteiger charge is 2.33. The molecular weight excluding hydrogens is 483 g/mol. The number of sulfonamides is 1. The van der Waals surface area contributed by atoms with Gasteiger partial charge >= 0.3 is 6.18 Å². The molecule has 13 heteroatoms. The third-order valence-electron chi connectivity index (χ3n) is 4.27. The van der Waals surface area contributed by atoms with Crippen molar-refractivity contribution in [2.45, 2.75) is 39.0 Å². The summed E-state index contributed by atoms with van der Waals surface area (Å²) in [6.07, 6.45) is -1.61. The second kappa shape index (κ2) is 10.4. The molecule has 0 aliphatic heterocycles. The van der Waals surface area contributed by atoms with Crippen LogP contribution in [0.1, 0.15) is 43.6 Å². The molecule has 0 spiro atoms. The second-order valence-corrected chi connectivity index (χ2v) is 9.48. The van der Waals surface area contributed by atoms with Crippen molar-refractivity contribution in [1.29, 1.82) is 0 Å². The Morgan fingerprint density at radius 1 is 1.09 bits per heavy atom. The lowest BCUT2D eigenvalue weighted by molar-refractivity contribution is -0.141. The Morgan fingerprint density at radius 2 is 1.68 bits per heavy atom. The average molecular weight is 506 g/mol. The average Bonchev–Trinajstić information content (AvgIpc) is 2.67. The fraction of sp³-hybridized carbons (Fsp3) is 0.333. The minimum Gasteiger partial charge on any atom is -0.367 e. The monoisotopic (exact) mass is 506 g/mol. The van der Waals surface area contributed by atoms with E-state index in [0.717, 1.165) is 36.6 Å². The maximum atomic E-state index is 14.2. The number of aromatic nitrogens is 1.